The van der Waals surface area contributed by atoms with Gasteiger partial charge in [-0.1, -0.05) is 84.9 Å². The maximum atomic E-state index is 3.75. The van der Waals surface area contributed by atoms with Crippen LogP contribution in [0, 0.1) is 0 Å². The van der Waals surface area contributed by atoms with Crippen molar-refractivity contribution in [1.82, 2.24) is 0 Å². The van der Waals surface area contributed by atoms with Crippen LogP contribution in [0.15, 0.2) is 81.7 Å². The molecule has 0 nitrogen and oxygen atoms in total. The zero-order chi connectivity index (χ0) is 16.5. The zero-order valence-electron chi connectivity index (χ0n) is 12.8. The van der Waals surface area contributed by atoms with Crippen LogP contribution in [0.1, 0.15) is 11.1 Å². The van der Waals surface area contributed by atoms with Crippen molar-refractivity contribution in [3.63, 3.8) is 0 Å². The highest BCUT2D eigenvalue weighted by Gasteiger charge is 2.04. The molecule has 0 bridgehead atoms. The first kappa shape index (κ1) is 15.6. The monoisotopic (exact) mass is 436 g/mol. The molecule has 4 aromatic carbocycles. The van der Waals surface area contributed by atoms with Gasteiger partial charge in [0.15, 0.2) is 0 Å². The SMILES string of the molecule is Brc1c(/C=C\c2ccc3ccccc3c2Br)ccc2ccccc12. The molecule has 4 aromatic rings. The van der Waals surface area contributed by atoms with Gasteiger partial charge in [-0.15, -0.1) is 0 Å². The number of benzene rings is 4. The minimum absolute atomic E-state index is 1.13. The fourth-order valence-electron chi connectivity index (χ4n) is 2.94. The first-order valence-electron chi connectivity index (χ1n) is 7.76. The summed E-state index contributed by atoms with van der Waals surface area (Å²) in [5, 5.41) is 4.95. The van der Waals surface area contributed by atoms with E-state index in [1.54, 1.807) is 0 Å². The molecule has 0 aliphatic carbocycles. The molecule has 24 heavy (non-hydrogen) atoms. The Morgan fingerprint density at radius 1 is 0.500 bits per heavy atom. The highest BCUT2D eigenvalue weighted by Crippen LogP contribution is 2.31. The number of fused-ring (bicyclic) bond motifs is 2. The van der Waals surface area contributed by atoms with E-state index in [9.17, 15) is 0 Å². The molecule has 0 unspecified atom stereocenters. The maximum Gasteiger partial charge on any atom is 0.0326 e. The van der Waals surface area contributed by atoms with Crippen molar-refractivity contribution in [1.29, 1.82) is 0 Å². The molecule has 116 valence electrons. The Labute approximate surface area is 158 Å². The van der Waals surface area contributed by atoms with E-state index in [1.807, 2.05) is 0 Å². The molecular weight excluding hydrogens is 424 g/mol. The van der Waals surface area contributed by atoms with E-state index in [-0.39, 0.29) is 0 Å². The highest BCUT2D eigenvalue weighted by atomic mass is 79.9. The van der Waals surface area contributed by atoms with Gasteiger partial charge in [-0.05, 0) is 64.5 Å². The summed E-state index contributed by atoms with van der Waals surface area (Å²) >= 11 is 7.50. The predicted octanol–water partition coefficient (Wildman–Crippen LogP) is 7.69. The summed E-state index contributed by atoms with van der Waals surface area (Å²) in [6, 6.07) is 25.4. The number of rotatable bonds is 2. The van der Waals surface area contributed by atoms with Crippen LogP contribution >= 0.6 is 31.9 Å². The molecule has 0 fully saturated rings. The van der Waals surface area contributed by atoms with Gasteiger partial charge in [-0.2, -0.15) is 0 Å². The lowest BCUT2D eigenvalue weighted by molar-refractivity contribution is 1.64. The molecule has 0 atom stereocenters. The van der Waals surface area contributed by atoms with Crippen LogP contribution in [-0.4, -0.2) is 0 Å². The van der Waals surface area contributed by atoms with Crippen LogP contribution in [0.25, 0.3) is 33.7 Å². The number of hydrogen-bond acceptors (Lipinski definition) is 0. The Morgan fingerprint density at radius 2 is 0.917 bits per heavy atom. The average Bonchev–Trinajstić information content (AvgIpc) is 2.63. The molecule has 0 N–H and O–H groups in total. The fraction of sp³-hybridized carbons (Fsp3) is 0. The maximum absolute atomic E-state index is 3.75. The van der Waals surface area contributed by atoms with Gasteiger partial charge in [-0.3, -0.25) is 0 Å². The minimum Gasteiger partial charge on any atom is -0.0616 e. The minimum atomic E-state index is 1.13. The molecule has 0 saturated heterocycles. The summed E-state index contributed by atoms with van der Waals surface area (Å²) in [7, 11) is 0. The summed E-state index contributed by atoms with van der Waals surface area (Å²) < 4.78 is 2.27. The van der Waals surface area contributed by atoms with Crippen LogP contribution in [-0.2, 0) is 0 Å². The second-order valence-electron chi connectivity index (χ2n) is 5.71. The van der Waals surface area contributed by atoms with Gasteiger partial charge in [0, 0.05) is 8.95 Å². The average molecular weight is 438 g/mol. The molecule has 0 amide bonds. The Bertz CT molecular complexity index is 990. The van der Waals surface area contributed by atoms with E-state index >= 15 is 0 Å². The van der Waals surface area contributed by atoms with Crippen molar-refractivity contribution in [2.45, 2.75) is 0 Å². The third-order valence-electron chi connectivity index (χ3n) is 4.23. The Kier molecular flexibility index (Phi) is 4.26. The second kappa shape index (κ2) is 6.54. The second-order valence-corrected chi connectivity index (χ2v) is 7.30. The fourth-order valence-corrected chi connectivity index (χ4v) is 4.19. The van der Waals surface area contributed by atoms with Crippen LogP contribution in [0.4, 0.5) is 0 Å². The van der Waals surface area contributed by atoms with E-state index in [0.29, 0.717) is 0 Å². The van der Waals surface area contributed by atoms with Crippen molar-refractivity contribution in [3.05, 3.63) is 92.9 Å². The van der Waals surface area contributed by atoms with Gasteiger partial charge >= 0.3 is 0 Å². The Hall–Kier alpha value is -1.90. The summed E-state index contributed by atoms with van der Waals surface area (Å²) in [5.41, 5.74) is 2.35. The van der Waals surface area contributed by atoms with E-state index in [0.717, 1.165) is 8.95 Å². The lowest BCUT2D eigenvalue weighted by Gasteiger charge is -2.06. The molecule has 0 aliphatic heterocycles. The molecule has 0 spiro atoms. The topological polar surface area (TPSA) is 0 Å². The molecule has 0 radical (unpaired) electrons. The Balaban J connectivity index is 1.78. The molecule has 4 rings (SSSR count). The molecule has 2 heteroatoms. The summed E-state index contributed by atoms with van der Waals surface area (Å²) in [6.45, 7) is 0. The van der Waals surface area contributed by atoms with Gasteiger partial charge < -0.3 is 0 Å². The summed E-state index contributed by atoms with van der Waals surface area (Å²) in [4.78, 5) is 0. The standard InChI is InChI=1S/C22H14Br2/c23-21-17(11-9-15-5-1-3-7-19(15)21)13-14-18-12-10-16-6-2-4-8-20(16)22(18)24/h1-14H/b14-13-. The van der Waals surface area contributed by atoms with Crippen LogP contribution in [0.5, 0.6) is 0 Å². The van der Waals surface area contributed by atoms with E-state index in [1.165, 1.54) is 32.7 Å². The normalized spacial score (nSPS) is 11.6. The van der Waals surface area contributed by atoms with Crippen molar-refractivity contribution in [2.75, 3.05) is 0 Å². The third kappa shape index (κ3) is 2.81. The first-order chi connectivity index (χ1) is 11.7. The molecule has 0 saturated carbocycles. The van der Waals surface area contributed by atoms with Gasteiger partial charge in [-0.25, -0.2) is 0 Å². The van der Waals surface area contributed by atoms with Crippen molar-refractivity contribution in [2.24, 2.45) is 0 Å². The molecule has 0 aromatic heterocycles. The zero-order valence-corrected chi connectivity index (χ0v) is 16.0. The van der Waals surface area contributed by atoms with Gasteiger partial charge in [0.05, 0.1) is 0 Å². The molecular formula is C22H14Br2. The van der Waals surface area contributed by atoms with E-state index in [2.05, 4.69) is 117 Å². The quantitative estimate of drug-likeness (QED) is 0.282. The van der Waals surface area contributed by atoms with Crippen LogP contribution in [0.3, 0.4) is 0 Å². The van der Waals surface area contributed by atoms with Crippen LogP contribution < -0.4 is 0 Å². The van der Waals surface area contributed by atoms with E-state index in [4.69, 9.17) is 0 Å². The van der Waals surface area contributed by atoms with Crippen molar-refractivity contribution in [3.8, 4) is 0 Å². The van der Waals surface area contributed by atoms with Gasteiger partial charge in [0.2, 0.25) is 0 Å². The number of hydrogen-bond donors (Lipinski definition) is 0. The summed E-state index contributed by atoms with van der Waals surface area (Å²) in [5.74, 6) is 0. The molecule has 0 heterocycles. The third-order valence-corrected chi connectivity index (χ3v) is 6.00. The largest absolute Gasteiger partial charge is 0.0616 e. The lowest BCUT2D eigenvalue weighted by Crippen LogP contribution is -1.82. The molecule has 0 aliphatic rings. The predicted molar refractivity (Wildman–Crippen MR) is 112 cm³/mol. The number of halogens is 2. The van der Waals surface area contributed by atoms with Crippen LogP contribution in [0.2, 0.25) is 0 Å². The van der Waals surface area contributed by atoms with Gasteiger partial charge in [0.1, 0.15) is 0 Å². The highest BCUT2D eigenvalue weighted by molar-refractivity contribution is 9.11. The smallest absolute Gasteiger partial charge is 0.0326 e. The van der Waals surface area contributed by atoms with Crippen molar-refractivity contribution < 1.29 is 0 Å². The summed E-state index contributed by atoms with van der Waals surface area (Å²) in [6.07, 6.45) is 4.32. The van der Waals surface area contributed by atoms with E-state index < -0.39 is 0 Å². The van der Waals surface area contributed by atoms with Crippen molar-refractivity contribution >= 4 is 65.6 Å². The Morgan fingerprint density at radius 3 is 1.38 bits per heavy atom. The first-order valence-corrected chi connectivity index (χ1v) is 9.35. The van der Waals surface area contributed by atoms with Gasteiger partial charge in [0.25, 0.3) is 0 Å². The lowest BCUT2D eigenvalue weighted by atomic mass is 10.0.